The molecule has 2 fully saturated rings. The number of aromatic amines is 2. The maximum atomic E-state index is 14.4. The molecule has 4 heterocycles. The average Bonchev–Trinajstić information content (AvgIpc) is 3.81. The lowest BCUT2D eigenvalue weighted by atomic mass is 10.0. The van der Waals surface area contributed by atoms with Gasteiger partial charge in [-0.3, -0.25) is 9.80 Å². The molecule has 4 atom stereocenters. The molecule has 0 bridgehead atoms. The van der Waals surface area contributed by atoms with E-state index in [9.17, 15) is 18.4 Å². The maximum absolute atomic E-state index is 14.4. The van der Waals surface area contributed by atoms with Gasteiger partial charge in [-0.15, -0.1) is 0 Å². The number of hydrogen-bond donors (Lipinski definition) is 2. The first-order valence-electron chi connectivity index (χ1n) is 16.2. The summed E-state index contributed by atoms with van der Waals surface area (Å²) in [5.74, 6) is 1.04. The molecule has 0 unspecified atom stereocenters. The summed E-state index contributed by atoms with van der Waals surface area (Å²) in [5, 5.41) is 0. The normalized spacial score (nSPS) is 21.5. The molecule has 2 aliphatic heterocycles. The molecule has 254 valence electrons. The van der Waals surface area contributed by atoms with E-state index in [4.69, 9.17) is 9.47 Å². The number of nitrogens with one attached hydrogen (secondary N) is 2. The first-order chi connectivity index (χ1) is 22.6. The number of nitrogens with zero attached hydrogens (tertiary/aromatic N) is 4. The number of amides is 2. The van der Waals surface area contributed by atoms with E-state index in [1.54, 1.807) is 53.9 Å². The van der Waals surface area contributed by atoms with Gasteiger partial charge in [0.05, 0.1) is 49.0 Å². The Hall–Kier alpha value is -4.74. The van der Waals surface area contributed by atoms with E-state index in [2.05, 4.69) is 19.9 Å². The molecule has 6 rings (SSSR count). The summed E-state index contributed by atoms with van der Waals surface area (Å²) in [6, 6.07) is 14.9. The van der Waals surface area contributed by atoms with Crippen LogP contribution in [0.5, 0.6) is 0 Å². The van der Waals surface area contributed by atoms with Crippen molar-refractivity contribution in [3.8, 4) is 33.6 Å². The molecule has 0 saturated carbocycles. The maximum Gasteiger partial charge on any atom is 0.411 e. The molecule has 0 radical (unpaired) electrons. The van der Waals surface area contributed by atoms with Crippen LogP contribution in [0.3, 0.4) is 0 Å². The number of ether oxygens (including phenoxy) is 2. The topological polar surface area (TPSA) is 116 Å². The van der Waals surface area contributed by atoms with E-state index in [0.717, 1.165) is 33.6 Å². The molecule has 2 N–H and O–H groups in total. The van der Waals surface area contributed by atoms with Crippen LogP contribution in [-0.4, -0.2) is 78.6 Å². The SMILES string of the molecule is CC(C)(C)OC(=O)N1C[C@@H](F)C[C@H]1c1ncc(-c2ccc(-c3ccc(-c4cnc([C@@H]5C[C@H](F)CN5C(=O)OC(C)(C)C)[nH]4)cc3)cc2)[nH]1. The second-order valence-corrected chi connectivity index (χ2v) is 14.5. The van der Waals surface area contributed by atoms with E-state index in [-0.39, 0.29) is 25.9 Å². The van der Waals surface area contributed by atoms with Crippen LogP contribution in [-0.2, 0) is 9.47 Å². The molecule has 2 aromatic carbocycles. The fourth-order valence-electron chi connectivity index (χ4n) is 6.12. The Bertz CT molecular complexity index is 1630. The second-order valence-electron chi connectivity index (χ2n) is 14.5. The van der Waals surface area contributed by atoms with Crippen LogP contribution in [0.1, 0.15) is 78.1 Å². The molecule has 48 heavy (non-hydrogen) atoms. The highest BCUT2D eigenvalue weighted by atomic mass is 19.1. The molecule has 2 aliphatic rings. The number of imidazole rings is 2. The summed E-state index contributed by atoms with van der Waals surface area (Å²) >= 11 is 0. The number of halogens is 2. The van der Waals surface area contributed by atoms with E-state index >= 15 is 0 Å². The van der Waals surface area contributed by atoms with Gasteiger partial charge in [0.2, 0.25) is 0 Å². The zero-order valence-corrected chi connectivity index (χ0v) is 28.1. The van der Waals surface area contributed by atoms with Gasteiger partial charge in [-0.25, -0.2) is 28.3 Å². The van der Waals surface area contributed by atoms with Gasteiger partial charge < -0.3 is 19.4 Å². The third kappa shape index (κ3) is 7.37. The summed E-state index contributed by atoms with van der Waals surface area (Å²) in [7, 11) is 0. The second kappa shape index (κ2) is 12.7. The summed E-state index contributed by atoms with van der Waals surface area (Å²) in [6.07, 6.45) is 0.302. The third-order valence-corrected chi connectivity index (χ3v) is 8.30. The van der Waals surface area contributed by atoms with E-state index in [0.29, 0.717) is 11.6 Å². The van der Waals surface area contributed by atoms with Gasteiger partial charge in [0.15, 0.2) is 0 Å². The summed E-state index contributed by atoms with van der Waals surface area (Å²) in [5.41, 5.74) is 3.99. The summed E-state index contributed by atoms with van der Waals surface area (Å²) in [6.45, 7) is 10.6. The van der Waals surface area contributed by atoms with Crippen molar-refractivity contribution in [3.63, 3.8) is 0 Å². The van der Waals surface area contributed by atoms with Crippen LogP contribution in [0.25, 0.3) is 33.6 Å². The van der Waals surface area contributed by atoms with Crippen molar-refractivity contribution in [2.24, 2.45) is 0 Å². The number of benzene rings is 2. The minimum atomic E-state index is -1.15. The number of carbonyl (C=O) groups is 2. The molecule has 2 amide bonds. The fraction of sp³-hybridized carbons (Fsp3) is 0.444. The first kappa shape index (κ1) is 33.2. The highest BCUT2D eigenvalue weighted by Gasteiger charge is 2.41. The number of hydrogen-bond acceptors (Lipinski definition) is 6. The average molecular weight is 661 g/mol. The van der Waals surface area contributed by atoms with Gasteiger partial charge in [-0.1, -0.05) is 48.5 Å². The van der Waals surface area contributed by atoms with Gasteiger partial charge in [0.1, 0.15) is 35.2 Å². The number of H-pyrrole nitrogens is 2. The van der Waals surface area contributed by atoms with E-state index in [1.165, 1.54) is 9.80 Å². The predicted molar refractivity (Wildman–Crippen MR) is 177 cm³/mol. The van der Waals surface area contributed by atoms with E-state index in [1.807, 2.05) is 48.5 Å². The lowest BCUT2D eigenvalue weighted by molar-refractivity contribution is 0.0201. The number of alkyl halides is 2. The van der Waals surface area contributed by atoms with E-state index < -0.39 is 47.8 Å². The van der Waals surface area contributed by atoms with Crippen molar-refractivity contribution < 1.29 is 27.8 Å². The van der Waals surface area contributed by atoms with Gasteiger partial charge in [0.25, 0.3) is 0 Å². The lowest BCUT2D eigenvalue weighted by Gasteiger charge is -2.27. The zero-order chi connectivity index (χ0) is 34.4. The molecule has 0 spiro atoms. The highest BCUT2D eigenvalue weighted by molar-refractivity contribution is 5.72. The summed E-state index contributed by atoms with van der Waals surface area (Å²) < 4.78 is 39.8. The monoisotopic (exact) mass is 660 g/mol. The summed E-state index contributed by atoms with van der Waals surface area (Å²) in [4.78, 5) is 43.8. The van der Waals surface area contributed by atoms with Crippen LogP contribution in [0.4, 0.5) is 18.4 Å². The van der Waals surface area contributed by atoms with Crippen LogP contribution < -0.4 is 0 Å². The number of likely N-dealkylation sites (tertiary alicyclic amines) is 2. The number of rotatable bonds is 5. The first-order valence-corrected chi connectivity index (χ1v) is 16.2. The standard InChI is InChI=1S/C36H42F2N6O4/c1-35(2,3)47-33(45)43-19-25(37)15-29(43)31-39-17-27(41-31)23-11-7-21(8-12-23)22-9-13-24(14-10-22)28-18-40-32(42-28)30-16-26(38)20-44(30)34(46)48-36(4,5)6/h7-14,17-18,25-26,29-30H,15-16,19-20H2,1-6H3,(H,39,41)(H,40,42)/t25-,26-,29-,30-/m0/s1. The Morgan fingerprint density at radius 3 is 1.31 bits per heavy atom. The van der Waals surface area contributed by atoms with Crippen molar-refractivity contribution in [2.75, 3.05) is 13.1 Å². The van der Waals surface area contributed by atoms with Crippen LogP contribution in [0.15, 0.2) is 60.9 Å². The minimum absolute atomic E-state index is 0.0303. The smallest absolute Gasteiger partial charge is 0.411 e. The molecule has 2 saturated heterocycles. The van der Waals surface area contributed by atoms with Crippen molar-refractivity contribution in [2.45, 2.75) is 90.0 Å². The molecule has 2 aromatic heterocycles. The Kier molecular flexibility index (Phi) is 8.78. The lowest BCUT2D eigenvalue weighted by Crippen LogP contribution is -2.37. The van der Waals surface area contributed by atoms with Crippen molar-refractivity contribution >= 4 is 12.2 Å². The predicted octanol–water partition coefficient (Wildman–Crippen LogP) is 8.17. The fourth-order valence-corrected chi connectivity index (χ4v) is 6.12. The molecule has 0 aliphatic carbocycles. The van der Waals surface area contributed by atoms with Gasteiger partial charge in [0, 0.05) is 12.8 Å². The molecule has 10 nitrogen and oxygen atoms in total. The third-order valence-electron chi connectivity index (χ3n) is 8.30. The Morgan fingerprint density at radius 1 is 0.646 bits per heavy atom. The number of aromatic nitrogens is 4. The Labute approximate surface area is 278 Å². The quantitative estimate of drug-likeness (QED) is 0.223. The molecular weight excluding hydrogens is 618 g/mol. The van der Waals surface area contributed by atoms with Crippen LogP contribution in [0, 0.1) is 0 Å². The Morgan fingerprint density at radius 2 is 0.979 bits per heavy atom. The van der Waals surface area contributed by atoms with Crippen molar-refractivity contribution in [1.82, 2.24) is 29.7 Å². The highest BCUT2D eigenvalue weighted by Crippen LogP contribution is 2.36. The largest absolute Gasteiger partial charge is 0.444 e. The Balaban J connectivity index is 1.12. The molecule has 12 heteroatoms. The van der Waals surface area contributed by atoms with Crippen LogP contribution >= 0.6 is 0 Å². The minimum Gasteiger partial charge on any atom is -0.444 e. The van der Waals surface area contributed by atoms with Gasteiger partial charge >= 0.3 is 12.2 Å². The number of carbonyl (C=O) groups excluding carboxylic acids is 2. The zero-order valence-electron chi connectivity index (χ0n) is 28.1. The van der Waals surface area contributed by atoms with Crippen molar-refractivity contribution in [3.05, 3.63) is 72.6 Å². The van der Waals surface area contributed by atoms with Gasteiger partial charge in [-0.2, -0.15) is 0 Å². The van der Waals surface area contributed by atoms with Crippen molar-refractivity contribution in [1.29, 1.82) is 0 Å². The molecule has 4 aromatic rings. The van der Waals surface area contributed by atoms with Crippen LogP contribution in [0.2, 0.25) is 0 Å². The van der Waals surface area contributed by atoms with Gasteiger partial charge in [-0.05, 0) is 63.8 Å². The molecular formula is C36H42F2N6O4.